The number of aromatic nitrogens is 1. The Morgan fingerprint density at radius 1 is 0.840 bits per heavy atom. The van der Waals surface area contributed by atoms with Gasteiger partial charge in [0.2, 0.25) is 0 Å². The molecule has 0 amide bonds. The molecule has 5 rings (SSSR count). The van der Waals surface area contributed by atoms with Gasteiger partial charge in [0.15, 0.2) is 0 Å². The molecule has 0 atom stereocenters. The number of aryl methyl sites for hydroxylation is 2. The molecule has 2 nitrogen and oxygen atoms in total. The number of benzene rings is 3. The number of ether oxygens (including phenoxy) is 1. The Bertz CT molecular complexity index is 1080. The highest BCUT2D eigenvalue weighted by atomic mass is 16.5. The Kier molecular flexibility index (Phi) is 3.17. The van der Waals surface area contributed by atoms with Gasteiger partial charge >= 0.3 is 0 Å². The van der Waals surface area contributed by atoms with Crippen molar-refractivity contribution in [1.29, 1.82) is 0 Å². The number of nitrogens with zero attached hydrogens (tertiary/aromatic N) is 1. The van der Waals surface area contributed by atoms with Gasteiger partial charge in [-0.05, 0) is 60.4 Å². The van der Waals surface area contributed by atoms with Crippen LogP contribution in [0.25, 0.3) is 27.8 Å². The third-order valence-corrected chi connectivity index (χ3v) is 5.21. The van der Waals surface area contributed by atoms with Crippen molar-refractivity contribution in [2.24, 2.45) is 0 Å². The van der Waals surface area contributed by atoms with Crippen molar-refractivity contribution in [3.63, 3.8) is 0 Å². The molecule has 1 heterocycles. The second-order valence-corrected chi connectivity index (χ2v) is 6.54. The number of hydrogen-bond acceptors (Lipinski definition) is 1. The fourth-order valence-electron chi connectivity index (χ4n) is 4.08. The van der Waals surface area contributed by atoms with E-state index >= 15 is 0 Å². The minimum atomic E-state index is 0.935. The Hall–Kier alpha value is -3.00. The number of rotatable bonds is 2. The summed E-state index contributed by atoms with van der Waals surface area (Å²) in [6.45, 7) is 0. The van der Waals surface area contributed by atoms with Crippen LogP contribution in [0.4, 0.5) is 0 Å². The lowest BCUT2D eigenvalue weighted by atomic mass is 9.88. The second kappa shape index (κ2) is 5.52. The summed E-state index contributed by atoms with van der Waals surface area (Å²) in [4.78, 5) is 0. The lowest BCUT2D eigenvalue weighted by molar-refractivity contribution is 0.414. The first-order valence-electron chi connectivity index (χ1n) is 8.72. The normalized spacial score (nSPS) is 12.7. The van der Waals surface area contributed by atoms with E-state index in [0.29, 0.717) is 0 Å². The fourth-order valence-corrected chi connectivity index (χ4v) is 4.08. The van der Waals surface area contributed by atoms with E-state index in [2.05, 4.69) is 77.4 Å². The Balaban J connectivity index is 1.88. The molecule has 0 N–H and O–H groups in total. The predicted molar refractivity (Wildman–Crippen MR) is 103 cm³/mol. The third kappa shape index (κ3) is 2.11. The van der Waals surface area contributed by atoms with Crippen LogP contribution >= 0.6 is 0 Å². The van der Waals surface area contributed by atoms with Crippen LogP contribution in [0.15, 0.2) is 72.8 Å². The second-order valence-electron chi connectivity index (χ2n) is 6.54. The Labute approximate surface area is 147 Å². The van der Waals surface area contributed by atoms with Crippen molar-refractivity contribution in [1.82, 2.24) is 4.57 Å². The zero-order valence-corrected chi connectivity index (χ0v) is 14.2. The van der Waals surface area contributed by atoms with Gasteiger partial charge < -0.3 is 9.30 Å². The van der Waals surface area contributed by atoms with Crippen LogP contribution in [-0.4, -0.2) is 11.7 Å². The lowest BCUT2D eigenvalue weighted by Crippen LogP contribution is -2.07. The monoisotopic (exact) mass is 325 g/mol. The first-order valence-corrected chi connectivity index (χ1v) is 8.72. The first-order chi connectivity index (χ1) is 12.4. The quantitative estimate of drug-likeness (QED) is 0.481. The molecule has 1 aliphatic rings. The summed E-state index contributed by atoms with van der Waals surface area (Å²) < 4.78 is 7.85. The predicted octanol–water partition coefficient (Wildman–Crippen LogP) is 5.40. The summed E-state index contributed by atoms with van der Waals surface area (Å²) in [5.41, 5.74) is 7.97. The molecule has 3 aromatic carbocycles. The van der Waals surface area contributed by atoms with E-state index < -0.39 is 0 Å². The van der Waals surface area contributed by atoms with Crippen molar-refractivity contribution in [2.45, 2.75) is 12.8 Å². The van der Waals surface area contributed by atoms with Crippen LogP contribution in [0.2, 0.25) is 0 Å². The molecule has 0 radical (unpaired) electrons. The molecule has 0 saturated carbocycles. The largest absolute Gasteiger partial charge is 0.497 e. The van der Waals surface area contributed by atoms with E-state index in [1.165, 1.54) is 39.0 Å². The van der Waals surface area contributed by atoms with Gasteiger partial charge in [-0.1, -0.05) is 36.4 Å². The molecule has 0 aliphatic heterocycles. The zero-order valence-electron chi connectivity index (χ0n) is 14.2. The Morgan fingerprint density at radius 2 is 1.64 bits per heavy atom. The smallest absolute Gasteiger partial charge is 0.119 e. The molecule has 0 bridgehead atoms. The molecule has 25 heavy (non-hydrogen) atoms. The molecule has 1 aromatic heterocycles. The average molecular weight is 325 g/mol. The summed E-state index contributed by atoms with van der Waals surface area (Å²) >= 11 is 0. The SMILES string of the molecule is COc1ccc2c(c1)CCc1c-2n(-c2ccccc2)c2ccccc12. The summed E-state index contributed by atoms with van der Waals surface area (Å²) in [6, 6.07) is 25.9. The third-order valence-electron chi connectivity index (χ3n) is 5.21. The van der Waals surface area contributed by atoms with Gasteiger partial charge in [0, 0.05) is 16.6 Å². The van der Waals surface area contributed by atoms with Gasteiger partial charge in [-0.25, -0.2) is 0 Å². The van der Waals surface area contributed by atoms with Gasteiger partial charge in [-0.2, -0.15) is 0 Å². The molecule has 0 saturated heterocycles. The van der Waals surface area contributed by atoms with E-state index in [1.807, 2.05) is 0 Å². The van der Waals surface area contributed by atoms with Crippen LogP contribution in [0.5, 0.6) is 5.75 Å². The first kappa shape index (κ1) is 14.4. The van der Waals surface area contributed by atoms with Crippen LogP contribution in [0.3, 0.4) is 0 Å². The van der Waals surface area contributed by atoms with Gasteiger partial charge in [0.25, 0.3) is 0 Å². The molecule has 4 aromatic rings. The van der Waals surface area contributed by atoms with Crippen molar-refractivity contribution in [3.05, 3.63) is 83.9 Å². The highest BCUT2D eigenvalue weighted by molar-refractivity contribution is 5.95. The van der Waals surface area contributed by atoms with Gasteiger partial charge in [-0.3, -0.25) is 0 Å². The van der Waals surface area contributed by atoms with Crippen LogP contribution in [0, 0.1) is 0 Å². The van der Waals surface area contributed by atoms with E-state index in [0.717, 1.165) is 18.6 Å². The minimum absolute atomic E-state index is 0.935. The highest BCUT2D eigenvalue weighted by Gasteiger charge is 2.25. The molecular weight excluding hydrogens is 306 g/mol. The van der Waals surface area contributed by atoms with Gasteiger partial charge in [0.1, 0.15) is 5.75 Å². The number of para-hydroxylation sites is 2. The summed E-state index contributed by atoms with van der Waals surface area (Å²) in [5, 5.41) is 1.36. The summed E-state index contributed by atoms with van der Waals surface area (Å²) in [6.07, 6.45) is 2.12. The van der Waals surface area contributed by atoms with Crippen LogP contribution < -0.4 is 4.74 Å². The van der Waals surface area contributed by atoms with Crippen LogP contribution in [-0.2, 0) is 12.8 Å². The summed E-state index contributed by atoms with van der Waals surface area (Å²) in [7, 11) is 1.73. The van der Waals surface area contributed by atoms with Gasteiger partial charge in [0.05, 0.1) is 18.3 Å². The molecule has 2 heteroatoms. The molecule has 0 unspecified atom stereocenters. The zero-order chi connectivity index (χ0) is 16.8. The van der Waals surface area contributed by atoms with E-state index in [4.69, 9.17) is 4.74 Å². The van der Waals surface area contributed by atoms with E-state index in [-0.39, 0.29) is 0 Å². The van der Waals surface area contributed by atoms with Gasteiger partial charge in [-0.15, -0.1) is 0 Å². The Morgan fingerprint density at radius 3 is 2.48 bits per heavy atom. The maximum Gasteiger partial charge on any atom is 0.119 e. The minimum Gasteiger partial charge on any atom is -0.497 e. The van der Waals surface area contributed by atoms with Crippen molar-refractivity contribution in [3.8, 4) is 22.7 Å². The number of methoxy groups -OCH3 is 1. The number of fused-ring (bicyclic) bond motifs is 5. The molecular formula is C23H19NO. The molecule has 0 fully saturated rings. The average Bonchev–Trinajstić information content (AvgIpc) is 3.03. The van der Waals surface area contributed by atoms with Crippen LogP contribution in [0.1, 0.15) is 11.1 Å². The summed E-state index contributed by atoms with van der Waals surface area (Å²) in [5.74, 6) is 0.935. The standard InChI is InChI=1S/C23H19NO/c1-25-18-12-14-19-16(15-18)11-13-21-20-9-5-6-10-22(20)24(23(19)21)17-7-3-2-4-8-17/h2-10,12,14-15H,11,13H2,1H3. The maximum absolute atomic E-state index is 5.44. The fraction of sp³-hybridized carbons (Fsp3) is 0.130. The lowest BCUT2D eigenvalue weighted by Gasteiger charge is -2.21. The molecule has 1 aliphatic carbocycles. The van der Waals surface area contributed by atoms with E-state index in [1.54, 1.807) is 7.11 Å². The van der Waals surface area contributed by atoms with Crippen molar-refractivity contribution >= 4 is 10.9 Å². The number of hydrogen-bond donors (Lipinski definition) is 0. The topological polar surface area (TPSA) is 14.2 Å². The maximum atomic E-state index is 5.44. The van der Waals surface area contributed by atoms with E-state index in [9.17, 15) is 0 Å². The molecule has 0 spiro atoms. The van der Waals surface area contributed by atoms with Crippen molar-refractivity contribution in [2.75, 3.05) is 7.11 Å². The highest BCUT2D eigenvalue weighted by Crippen LogP contribution is 2.42. The van der Waals surface area contributed by atoms with Crippen molar-refractivity contribution < 1.29 is 4.74 Å². The molecule has 122 valence electrons.